The second-order valence-corrected chi connectivity index (χ2v) is 9.95. The molecule has 4 rings (SSSR count). The van der Waals surface area contributed by atoms with Gasteiger partial charge in [0.15, 0.2) is 0 Å². The van der Waals surface area contributed by atoms with Gasteiger partial charge in [0.05, 0.1) is 0 Å². The van der Waals surface area contributed by atoms with E-state index in [9.17, 15) is 4.79 Å². The van der Waals surface area contributed by atoms with Crippen molar-refractivity contribution in [3.05, 3.63) is 52.5 Å². The standard InChI is InChI=1S/C28H40N4O/c1-4-26-25(20-24-12-10-21(2)11-13-24)28(30-22(3)29-26)32-17-7-16-31(18-19-32)27(33)15-14-23-8-5-6-9-23/h10-13,23H,4-9,14-20H2,1-3H3. The molecule has 1 saturated heterocycles. The molecule has 1 saturated carbocycles. The Morgan fingerprint density at radius 3 is 2.45 bits per heavy atom. The smallest absolute Gasteiger partial charge is 0.222 e. The number of carbonyl (C=O) groups excluding carboxylic acids is 1. The maximum atomic E-state index is 12.9. The van der Waals surface area contributed by atoms with E-state index in [2.05, 4.69) is 47.9 Å². The van der Waals surface area contributed by atoms with Crippen molar-refractivity contribution < 1.29 is 4.79 Å². The number of nitrogens with zero attached hydrogens (tertiary/aromatic N) is 4. The highest BCUT2D eigenvalue weighted by Crippen LogP contribution is 2.29. The van der Waals surface area contributed by atoms with Gasteiger partial charge in [-0.25, -0.2) is 9.97 Å². The van der Waals surface area contributed by atoms with Gasteiger partial charge >= 0.3 is 0 Å². The zero-order valence-corrected chi connectivity index (χ0v) is 20.8. The molecule has 2 aromatic rings. The molecular formula is C28H40N4O. The molecule has 2 aliphatic rings. The Bertz CT molecular complexity index is 934. The van der Waals surface area contributed by atoms with Crippen LogP contribution in [0.3, 0.4) is 0 Å². The summed E-state index contributed by atoms with van der Waals surface area (Å²) in [5.41, 5.74) is 4.96. The van der Waals surface area contributed by atoms with Gasteiger partial charge in [-0.3, -0.25) is 4.79 Å². The van der Waals surface area contributed by atoms with Gasteiger partial charge < -0.3 is 9.80 Å². The van der Waals surface area contributed by atoms with Crippen molar-refractivity contribution >= 4 is 11.7 Å². The Balaban J connectivity index is 1.47. The van der Waals surface area contributed by atoms with Crippen molar-refractivity contribution in [3.8, 4) is 0 Å². The number of rotatable bonds is 7. The molecule has 5 nitrogen and oxygen atoms in total. The summed E-state index contributed by atoms with van der Waals surface area (Å²) in [4.78, 5) is 27.1. The second-order valence-electron chi connectivity index (χ2n) is 9.95. The number of hydrogen-bond donors (Lipinski definition) is 0. The summed E-state index contributed by atoms with van der Waals surface area (Å²) in [7, 11) is 0. The Hall–Kier alpha value is -2.43. The van der Waals surface area contributed by atoms with Crippen molar-refractivity contribution in [2.24, 2.45) is 5.92 Å². The molecule has 0 atom stereocenters. The maximum absolute atomic E-state index is 12.9. The summed E-state index contributed by atoms with van der Waals surface area (Å²) in [5.74, 6) is 3.03. The highest BCUT2D eigenvalue weighted by Gasteiger charge is 2.24. The Morgan fingerprint density at radius 2 is 1.73 bits per heavy atom. The van der Waals surface area contributed by atoms with E-state index in [-0.39, 0.29) is 0 Å². The summed E-state index contributed by atoms with van der Waals surface area (Å²) in [5, 5.41) is 0. The number of amides is 1. The molecule has 0 unspecified atom stereocenters. The van der Waals surface area contributed by atoms with Crippen LogP contribution in [-0.4, -0.2) is 47.0 Å². The number of carbonyl (C=O) groups is 1. The molecule has 0 radical (unpaired) electrons. The predicted octanol–water partition coefficient (Wildman–Crippen LogP) is 5.26. The highest BCUT2D eigenvalue weighted by molar-refractivity contribution is 5.76. The molecule has 2 fully saturated rings. The molecular weight excluding hydrogens is 408 g/mol. The van der Waals surface area contributed by atoms with E-state index in [1.165, 1.54) is 42.4 Å². The molecule has 5 heteroatoms. The van der Waals surface area contributed by atoms with Crippen LogP contribution in [0.25, 0.3) is 0 Å². The van der Waals surface area contributed by atoms with Gasteiger partial charge in [0.1, 0.15) is 11.6 Å². The minimum absolute atomic E-state index is 0.344. The lowest BCUT2D eigenvalue weighted by Gasteiger charge is -2.26. The summed E-state index contributed by atoms with van der Waals surface area (Å²) in [6.45, 7) is 9.73. The van der Waals surface area contributed by atoms with Gasteiger partial charge in [-0.2, -0.15) is 0 Å². The fourth-order valence-electron chi connectivity index (χ4n) is 5.45. The van der Waals surface area contributed by atoms with Gasteiger partial charge in [-0.15, -0.1) is 0 Å². The van der Waals surface area contributed by atoms with Crippen molar-refractivity contribution in [3.63, 3.8) is 0 Å². The van der Waals surface area contributed by atoms with Crippen LogP contribution in [0.1, 0.15) is 80.1 Å². The SMILES string of the molecule is CCc1nc(C)nc(N2CCCN(C(=O)CCC3CCCC3)CC2)c1Cc1ccc(C)cc1. The number of benzene rings is 1. The topological polar surface area (TPSA) is 49.3 Å². The zero-order valence-electron chi connectivity index (χ0n) is 20.8. The first kappa shape index (κ1) is 23.7. The molecule has 0 spiro atoms. The summed E-state index contributed by atoms with van der Waals surface area (Å²) in [6.07, 6.45) is 9.86. The number of anilines is 1. The van der Waals surface area contributed by atoms with E-state index in [0.29, 0.717) is 5.91 Å². The van der Waals surface area contributed by atoms with Gasteiger partial charge in [0.2, 0.25) is 5.91 Å². The molecule has 1 amide bonds. The van der Waals surface area contributed by atoms with Gasteiger partial charge in [-0.05, 0) is 44.6 Å². The zero-order chi connectivity index (χ0) is 23.2. The largest absolute Gasteiger partial charge is 0.354 e. The molecule has 0 N–H and O–H groups in total. The first-order chi connectivity index (χ1) is 16.0. The quantitative estimate of drug-likeness (QED) is 0.580. The molecule has 1 aromatic carbocycles. The van der Waals surface area contributed by atoms with Crippen LogP contribution in [-0.2, 0) is 17.6 Å². The normalized spacial score (nSPS) is 17.4. The molecule has 0 bridgehead atoms. The van der Waals surface area contributed by atoms with E-state index in [1.807, 2.05) is 6.92 Å². The third-order valence-electron chi connectivity index (χ3n) is 7.41. The van der Waals surface area contributed by atoms with Crippen LogP contribution >= 0.6 is 0 Å². The van der Waals surface area contributed by atoms with Crippen molar-refractivity contribution in [1.29, 1.82) is 0 Å². The van der Waals surface area contributed by atoms with Gasteiger partial charge in [0, 0.05) is 50.3 Å². The Morgan fingerprint density at radius 1 is 0.970 bits per heavy atom. The third kappa shape index (κ3) is 6.13. The first-order valence-corrected chi connectivity index (χ1v) is 13.0. The van der Waals surface area contributed by atoms with E-state index in [1.54, 1.807) is 0 Å². The molecule has 1 aliphatic carbocycles. The lowest BCUT2D eigenvalue weighted by molar-refractivity contribution is -0.131. The summed E-state index contributed by atoms with van der Waals surface area (Å²) in [6, 6.07) is 8.78. The van der Waals surface area contributed by atoms with Crippen LogP contribution in [0.2, 0.25) is 0 Å². The van der Waals surface area contributed by atoms with Gasteiger partial charge in [-0.1, -0.05) is 62.4 Å². The van der Waals surface area contributed by atoms with E-state index < -0.39 is 0 Å². The van der Waals surface area contributed by atoms with Crippen molar-refractivity contribution in [2.75, 3.05) is 31.1 Å². The lowest BCUT2D eigenvalue weighted by Crippen LogP contribution is -2.36. The van der Waals surface area contributed by atoms with Crippen LogP contribution in [0.5, 0.6) is 0 Å². The number of aromatic nitrogens is 2. The molecule has 33 heavy (non-hydrogen) atoms. The highest BCUT2D eigenvalue weighted by atomic mass is 16.2. The third-order valence-corrected chi connectivity index (χ3v) is 7.41. The first-order valence-electron chi connectivity index (χ1n) is 13.0. The summed E-state index contributed by atoms with van der Waals surface area (Å²) < 4.78 is 0. The monoisotopic (exact) mass is 448 g/mol. The minimum atomic E-state index is 0.344. The van der Waals surface area contributed by atoms with E-state index >= 15 is 0 Å². The fraction of sp³-hybridized carbons (Fsp3) is 0.607. The predicted molar refractivity (Wildman–Crippen MR) is 135 cm³/mol. The minimum Gasteiger partial charge on any atom is -0.354 e. The lowest BCUT2D eigenvalue weighted by atomic mass is 10.0. The number of aryl methyl sites for hydroxylation is 3. The van der Waals surface area contributed by atoms with Crippen molar-refractivity contribution in [2.45, 2.75) is 78.6 Å². The molecule has 2 heterocycles. The van der Waals surface area contributed by atoms with Crippen LogP contribution in [0, 0.1) is 19.8 Å². The van der Waals surface area contributed by atoms with Crippen molar-refractivity contribution in [1.82, 2.24) is 14.9 Å². The maximum Gasteiger partial charge on any atom is 0.222 e. The Kier molecular flexibility index (Phi) is 8.00. The average molecular weight is 449 g/mol. The van der Waals surface area contributed by atoms with Crippen LogP contribution < -0.4 is 4.90 Å². The molecule has 178 valence electrons. The van der Waals surface area contributed by atoms with Crippen LogP contribution in [0.15, 0.2) is 24.3 Å². The average Bonchev–Trinajstić information content (AvgIpc) is 3.22. The number of hydrogen-bond acceptors (Lipinski definition) is 4. The van der Waals surface area contributed by atoms with Crippen LogP contribution in [0.4, 0.5) is 5.82 Å². The molecule has 1 aromatic heterocycles. The fourth-order valence-corrected chi connectivity index (χ4v) is 5.45. The van der Waals surface area contributed by atoms with E-state index in [0.717, 1.165) is 81.5 Å². The summed E-state index contributed by atoms with van der Waals surface area (Å²) >= 11 is 0. The van der Waals surface area contributed by atoms with E-state index in [4.69, 9.17) is 9.97 Å². The van der Waals surface area contributed by atoms with Gasteiger partial charge in [0.25, 0.3) is 0 Å². The second kappa shape index (κ2) is 11.1. The molecule has 1 aliphatic heterocycles. The Labute approximate surface area is 199 Å².